The van der Waals surface area contributed by atoms with E-state index in [1.54, 1.807) is 0 Å². The smallest absolute Gasteiger partial charge is 0.462 e. The molecule has 522 valence electrons. The van der Waals surface area contributed by atoms with E-state index in [2.05, 4.69) is 34.6 Å². The van der Waals surface area contributed by atoms with Gasteiger partial charge in [0.15, 0.2) is 12.2 Å². The van der Waals surface area contributed by atoms with Crippen molar-refractivity contribution in [1.29, 1.82) is 0 Å². The summed E-state index contributed by atoms with van der Waals surface area (Å²) in [5.41, 5.74) is 0. The lowest BCUT2D eigenvalue weighted by atomic mass is 10.0. The predicted molar refractivity (Wildman–Crippen MR) is 354 cm³/mol. The van der Waals surface area contributed by atoms with E-state index in [9.17, 15) is 43.2 Å². The second kappa shape index (κ2) is 62.5. The van der Waals surface area contributed by atoms with Gasteiger partial charge in [0.1, 0.15) is 19.3 Å². The molecule has 0 heterocycles. The quantitative estimate of drug-likeness (QED) is 0.0222. The second-order valence-electron chi connectivity index (χ2n) is 25.4. The Morgan fingerprint density at radius 2 is 0.523 bits per heavy atom. The zero-order valence-electron chi connectivity index (χ0n) is 56.9. The number of carbonyl (C=O) groups is 4. The fourth-order valence-corrected chi connectivity index (χ4v) is 12.0. The number of ether oxygens (including phenoxy) is 4. The zero-order chi connectivity index (χ0) is 64.9. The van der Waals surface area contributed by atoms with Crippen LogP contribution in [0.3, 0.4) is 0 Å². The number of esters is 4. The Morgan fingerprint density at radius 1 is 0.307 bits per heavy atom. The van der Waals surface area contributed by atoms with Gasteiger partial charge in [0.2, 0.25) is 0 Å². The van der Waals surface area contributed by atoms with Gasteiger partial charge in [0.05, 0.1) is 26.4 Å². The van der Waals surface area contributed by atoms with Crippen LogP contribution < -0.4 is 0 Å². The van der Waals surface area contributed by atoms with E-state index in [-0.39, 0.29) is 25.7 Å². The normalized spacial score (nSPS) is 14.1. The molecule has 17 nitrogen and oxygen atoms in total. The lowest BCUT2D eigenvalue weighted by Crippen LogP contribution is -2.30. The summed E-state index contributed by atoms with van der Waals surface area (Å²) < 4.78 is 68.1. The van der Waals surface area contributed by atoms with Crippen molar-refractivity contribution in [3.63, 3.8) is 0 Å². The molecule has 0 aromatic carbocycles. The zero-order valence-corrected chi connectivity index (χ0v) is 58.6. The van der Waals surface area contributed by atoms with Gasteiger partial charge in [-0.3, -0.25) is 37.3 Å². The van der Waals surface area contributed by atoms with Crippen molar-refractivity contribution in [2.24, 2.45) is 5.92 Å². The number of hydrogen-bond donors (Lipinski definition) is 3. The predicted octanol–water partition coefficient (Wildman–Crippen LogP) is 19.7. The SMILES string of the molecule is CCCCCCCCCCCCCCCCCCCCC(=O)O[C@H](COC(=O)CCCCCCCCCCCC(C)C)COP(=O)(O)OC[C@@H](O)COP(=O)(O)OC[C@@H](COC(=O)CCCCCCCCC)OC(=O)CCCCCCCCCCCCC. The molecule has 0 rings (SSSR count). The first kappa shape index (κ1) is 86.1. The van der Waals surface area contributed by atoms with Crippen molar-refractivity contribution >= 4 is 39.5 Å². The largest absolute Gasteiger partial charge is 0.472 e. The van der Waals surface area contributed by atoms with Crippen molar-refractivity contribution in [2.75, 3.05) is 39.6 Å². The monoisotopic (exact) mass is 1300 g/mol. The molecule has 0 saturated heterocycles. The van der Waals surface area contributed by atoms with Crippen LogP contribution in [0.2, 0.25) is 0 Å². The molecular weight excluding hydrogens is 1160 g/mol. The van der Waals surface area contributed by atoms with Gasteiger partial charge in [-0.15, -0.1) is 0 Å². The van der Waals surface area contributed by atoms with Crippen LogP contribution in [0.1, 0.15) is 356 Å². The van der Waals surface area contributed by atoms with Crippen LogP contribution in [0.25, 0.3) is 0 Å². The van der Waals surface area contributed by atoms with Gasteiger partial charge < -0.3 is 33.8 Å². The molecule has 0 aromatic rings. The highest BCUT2D eigenvalue weighted by atomic mass is 31.2. The first-order valence-electron chi connectivity index (χ1n) is 36.1. The van der Waals surface area contributed by atoms with Crippen LogP contribution in [0.15, 0.2) is 0 Å². The molecule has 0 aromatic heterocycles. The molecule has 0 aliphatic heterocycles. The van der Waals surface area contributed by atoms with Crippen molar-refractivity contribution in [2.45, 2.75) is 374 Å². The van der Waals surface area contributed by atoms with Crippen LogP contribution in [0, 0.1) is 5.92 Å². The Morgan fingerprint density at radius 3 is 0.773 bits per heavy atom. The van der Waals surface area contributed by atoms with Gasteiger partial charge >= 0.3 is 39.5 Å². The number of phosphoric acid groups is 2. The van der Waals surface area contributed by atoms with Gasteiger partial charge in [-0.25, -0.2) is 9.13 Å². The van der Waals surface area contributed by atoms with E-state index in [0.717, 1.165) is 109 Å². The number of carbonyl (C=O) groups excluding carboxylic acids is 4. The van der Waals surface area contributed by atoms with Crippen LogP contribution in [-0.2, 0) is 65.4 Å². The third-order valence-corrected chi connectivity index (χ3v) is 17.9. The van der Waals surface area contributed by atoms with Gasteiger partial charge in [-0.1, -0.05) is 304 Å². The molecule has 5 atom stereocenters. The van der Waals surface area contributed by atoms with Crippen molar-refractivity contribution in [3.05, 3.63) is 0 Å². The molecule has 0 saturated carbocycles. The molecule has 0 aliphatic carbocycles. The summed E-state index contributed by atoms with van der Waals surface area (Å²) in [7, 11) is -9.89. The third-order valence-electron chi connectivity index (χ3n) is 16.0. The Labute approximate surface area is 537 Å². The molecule has 0 aliphatic rings. The maximum atomic E-state index is 13.0. The first-order valence-corrected chi connectivity index (χ1v) is 39.1. The fourth-order valence-electron chi connectivity index (χ4n) is 10.5. The number of phosphoric ester groups is 2. The molecule has 3 N–H and O–H groups in total. The lowest BCUT2D eigenvalue weighted by molar-refractivity contribution is -0.161. The molecule has 2 unspecified atom stereocenters. The summed E-state index contributed by atoms with van der Waals surface area (Å²) in [6.07, 6.45) is 48.7. The number of aliphatic hydroxyl groups is 1. The average Bonchev–Trinajstić information content (AvgIpc) is 3.49. The average molecular weight is 1300 g/mol. The first-order chi connectivity index (χ1) is 42.5. The van der Waals surface area contributed by atoms with E-state index >= 15 is 0 Å². The summed E-state index contributed by atoms with van der Waals surface area (Å²) in [5, 5.41) is 10.6. The van der Waals surface area contributed by atoms with Gasteiger partial charge in [-0.2, -0.15) is 0 Å². The highest BCUT2D eigenvalue weighted by Gasteiger charge is 2.30. The number of rotatable bonds is 69. The molecule has 0 amide bonds. The Kier molecular flexibility index (Phi) is 61.1. The van der Waals surface area contributed by atoms with E-state index in [0.29, 0.717) is 25.7 Å². The number of aliphatic hydroxyl groups excluding tert-OH is 1. The summed E-state index contributed by atoms with van der Waals surface area (Å²) in [4.78, 5) is 72.3. The number of unbranched alkanes of at least 4 members (excludes halogenated alkanes) is 41. The molecule has 0 spiro atoms. The fraction of sp³-hybridized carbons (Fsp3) is 0.942. The van der Waals surface area contributed by atoms with Crippen molar-refractivity contribution in [3.8, 4) is 0 Å². The van der Waals surface area contributed by atoms with Crippen LogP contribution in [0.4, 0.5) is 0 Å². The molecule has 0 bridgehead atoms. The summed E-state index contributed by atoms with van der Waals surface area (Å²) >= 11 is 0. The Balaban J connectivity index is 5.18. The molecule has 0 radical (unpaired) electrons. The highest BCUT2D eigenvalue weighted by Crippen LogP contribution is 2.45. The van der Waals surface area contributed by atoms with Crippen LogP contribution in [0.5, 0.6) is 0 Å². The number of hydrogen-bond acceptors (Lipinski definition) is 15. The van der Waals surface area contributed by atoms with Gasteiger partial charge in [-0.05, 0) is 31.6 Å². The van der Waals surface area contributed by atoms with E-state index < -0.39 is 97.5 Å². The maximum Gasteiger partial charge on any atom is 0.472 e. The molecule has 19 heteroatoms. The van der Waals surface area contributed by atoms with Crippen LogP contribution in [-0.4, -0.2) is 96.7 Å². The van der Waals surface area contributed by atoms with E-state index in [1.165, 1.54) is 167 Å². The summed E-state index contributed by atoms with van der Waals surface area (Å²) in [5.74, 6) is -1.38. The lowest BCUT2D eigenvalue weighted by Gasteiger charge is -2.21. The summed E-state index contributed by atoms with van der Waals surface area (Å²) in [6.45, 7) is 7.18. The minimum absolute atomic E-state index is 0.107. The highest BCUT2D eigenvalue weighted by molar-refractivity contribution is 7.47. The maximum absolute atomic E-state index is 13.0. The van der Waals surface area contributed by atoms with Gasteiger partial charge in [0, 0.05) is 25.7 Å². The third kappa shape index (κ3) is 62.8. The molecular formula is C69H134O17P2. The van der Waals surface area contributed by atoms with Crippen LogP contribution >= 0.6 is 15.6 Å². The van der Waals surface area contributed by atoms with Gasteiger partial charge in [0.25, 0.3) is 0 Å². The van der Waals surface area contributed by atoms with E-state index in [4.69, 9.17) is 37.0 Å². The standard InChI is InChI=1S/C69H134O17P2/c1-6-9-12-15-18-20-22-23-24-25-26-27-28-30-34-40-45-50-55-69(74)86-65(59-80-67(72)53-48-43-38-35-31-32-37-41-46-51-62(4)5)61-84-88(77,78)82-57-63(70)56-81-87(75,76)83-60-64(58-79-66(71)52-47-42-36-17-14-11-8-3)85-68(73)54-49-44-39-33-29-21-19-16-13-10-7-2/h62-65,70H,6-61H2,1-5H3,(H,75,76)(H,77,78)/t63-,64+,65+/m0/s1. The topological polar surface area (TPSA) is 237 Å². The van der Waals surface area contributed by atoms with E-state index in [1.807, 2.05) is 0 Å². The molecule has 0 fully saturated rings. The van der Waals surface area contributed by atoms with Crippen molar-refractivity contribution in [1.82, 2.24) is 0 Å². The Bertz CT molecular complexity index is 1700. The minimum Gasteiger partial charge on any atom is -0.462 e. The second-order valence-corrected chi connectivity index (χ2v) is 28.3. The minimum atomic E-state index is -4.95. The molecule has 88 heavy (non-hydrogen) atoms. The Hall–Kier alpha value is -1.94. The summed E-state index contributed by atoms with van der Waals surface area (Å²) in [6, 6.07) is 0. The van der Waals surface area contributed by atoms with Crippen molar-refractivity contribution < 1.29 is 80.2 Å².